The van der Waals surface area contributed by atoms with E-state index in [1.807, 2.05) is 13.8 Å². The van der Waals surface area contributed by atoms with Crippen LogP contribution in [0.3, 0.4) is 0 Å². The van der Waals surface area contributed by atoms with Crippen LogP contribution in [0.5, 0.6) is 0 Å². The van der Waals surface area contributed by atoms with Crippen molar-refractivity contribution in [3.05, 3.63) is 0 Å². The van der Waals surface area contributed by atoms with Crippen LogP contribution >= 0.6 is 24.8 Å². The second kappa shape index (κ2) is 8.08. The molecule has 1 saturated heterocycles. The van der Waals surface area contributed by atoms with Crippen LogP contribution < -0.4 is 11.3 Å². The van der Waals surface area contributed by atoms with Gasteiger partial charge in [0.1, 0.15) is 0 Å². The maximum absolute atomic E-state index is 10.3. The average molecular weight is 274 g/mol. The second-order valence-corrected chi connectivity index (χ2v) is 4.09. The lowest BCUT2D eigenvalue weighted by Gasteiger charge is -2.41. The number of rotatable bonds is 4. The highest BCUT2D eigenvalue weighted by molar-refractivity contribution is 5.85. The van der Waals surface area contributed by atoms with Crippen molar-refractivity contribution < 1.29 is 9.53 Å². The van der Waals surface area contributed by atoms with Crippen LogP contribution in [-0.2, 0) is 9.53 Å². The largest absolute Gasteiger partial charge is 0.446 e. The summed E-state index contributed by atoms with van der Waals surface area (Å²) in [6, 6.07) is 0.387. The molecule has 7 heteroatoms. The van der Waals surface area contributed by atoms with E-state index in [1.54, 1.807) is 0 Å². The molecule has 16 heavy (non-hydrogen) atoms. The van der Waals surface area contributed by atoms with Crippen molar-refractivity contribution in [3.63, 3.8) is 0 Å². The van der Waals surface area contributed by atoms with Gasteiger partial charge in [-0.1, -0.05) is 0 Å². The molecule has 1 aliphatic rings. The van der Waals surface area contributed by atoms with Gasteiger partial charge in [0.25, 0.3) is 6.47 Å². The summed E-state index contributed by atoms with van der Waals surface area (Å²) in [6.07, 6.45) is 1.98. The summed E-state index contributed by atoms with van der Waals surface area (Å²) >= 11 is 0. The van der Waals surface area contributed by atoms with Crippen LogP contribution in [0.1, 0.15) is 26.7 Å². The number of hydrazine groups is 1. The first-order valence-corrected chi connectivity index (χ1v) is 4.93. The molecule has 3 N–H and O–H groups in total. The maximum Gasteiger partial charge on any atom is 0.294 e. The Hall–Kier alpha value is -0.0700. The van der Waals surface area contributed by atoms with Crippen LogP contribution in [0, 0.1) is 0 Å². The van der Waals surface area contributed by atoms with Gasteiger partial charge in [-0.3, -0.25) is 21.0 Å². The first-order chi connectivity index (χ1) is 6.60. The van der Waals surface area contributed by atoms with E-state index < -0.39 is 5.72 Å². The number of halogens is 2. The van der Waals surface area contributed by atoms with Gasteiger partial charge in [-0.2, -0.15) is 0 Å². The summed E-state index contributed by atoms with van der Waals surface area (Å²) in [7, 11) is 0. The van der Waals surface area contributed by atoms with Crippen molar-refractivity contribution in [3.8, 4) is 0 Å². The Balaban J connectivity index is 0. The number of nitrogens with two attached hydrogens (primary N) is 1. The van der Waals surface area contributed by atoms with Crippen LogP contribution in [0.15, 0.2) is 0 Å². The number of piperidine rings is 1. The number of nitrogens with one attached hydrogen (secondary N) is 1. The third kappa shape index (κ3) is 4.84. The van der Waals surface area contributed by atoms with Crippen molar-refractivity contribution in [2.24, 2.45) is 5.84 Å². The zero-order chi connectivity index (χ0) is 10.6. The molecule has 0 aromatic rings. The van der Waals surface area contributed by atoms with Crippen LogP contribution in [0.25, 0.3) is 0 Å². The molecule has 98 valence electrons. The predicted octanol–water partition coefficient (Wildman–Crippen LogP) is 0.667. The smallest absolute Gasteiger partial charge is 0.294 e. The highest BCUT2D eigenvalue weighted by Gasteiger charge is 2.31. The monoisotopic (exact) mass is 273 g/mol. The van der Waals surface area contributed by atoms with E-state index in [-0.39, 0.29) is 24.8 Å². The van der Waals surface area contributed by atoms with Crippen LogP contribution in [0.4, 0.5) is 0 Å². The molecule has 0 spiro atoms. The van der Waals surface area contributed by atoms with Gasteiger partial charge in [0.2, 0.25) is 0 Å². The molecule has 0 aliphatic carbocycles. The van der Waals surface area contributed by atoms with Gasteiger partial charge in [-0.05, 0) is 26.7 Å². The fraction of sp³-hybridized carbons (Fsp3) is 0.889. The minimum Gasteiger partial charge on any atom is -0.446 e. The number of nitrogens with zero attached hydrogens (tertiary/aromatic N) is 1. The lowest BCUT2D eigenvalue weighted by molar-refractivity contribution is -0.163. The van der Waals surface area contributed by atoms with Gasteiger partial charge in [-0.15, -0.1) is 24.8 Å². The fourth-order valence-corrected chi connectivity index (χ4v) is 1.78. The molecule has 1 aliphatic heterocycles. The van der Waals surface area contributed by atoms with E-state index >= 15 is 0 Å². The highest BCUT2D eigenvalue weighted by atomic mass is 35.5. The molecular weight excluding hydrogens is 253 g/mol. The third-order valence-electron chi connectivity index (χ3n) is 2.83. The van der Waals surface area contributed by atoms with Crippen molar-refractivity contribution in [1.82, 2.24) is 10.3 Å². The Morgan fingerprint density at radius 1 is 1.38 bits per heavy atom. The normalized spacial score (nSPS) is 18.2. The SMILES string of the molecule is CC(C)(OC=O)N1CCC(NN)CC1.Cl.Cl. The van der Waals surface area contributed by atoms with Gasteiger partial charge < -0.3 is 4.74 Å². The Kier molecular flexibility index (Phi) is 9.25. The lowest BCUT2D eigenvalue weighted by Crippen LogP contribution is -2.53. The first-order valence-electron chi connectivity index (χ1n) is 4.93. The third-order valence-corrected chi connectivity index (χ3v) is 2.83. The van der Waals surface area contributed by atoms with Crippen LogP contribution in [0.2, 0.25) is 0 Å². The minimum atomic E-state index is -0.499. The van der Waals surface area contributed by atoms with E-state index in [0.29, 0.717) is 12.5 Å². The van der Waals surface area contributed by atoms with Crippen LogP contribution in [-0.4, -0.2) is 36.2 Å². The van der Waals surface area contributed by atoms with E-state index in [4.69, 9.17) is 10.6 Å². The second-order valence-electron chi connectivity index (χ2n) is 4.09. The molecule has 0 aromatic heterocycles. The summed E-state index contributed by atoms with van der Waals surface area (Å²) in [6.45, 7) is 6.11. The minimum absolute atomic E-state index is 0. The van der Waals surface area contributed by atoms with Gasteiger partial charge in [0.15, 0.2) is 5.72 Å². The number of likely N-dealkylation sites (tertiary alicyclic amines) is 1. The standard InChI is InChI=1S/C9H19N3O2.2ClH/c1-9(2,14-7-13)12-5-3-8(11-10)4-6-12;;/h7-8,11H,3-6,10H2,1-2H3;2*1H. The fourth-order valence-electron chi connectivity index (χ4n) is 1.78. The maximum atomic E-state index is 10.3. The Morgan fingerprint density at radius 2 is 1.88 bits per heavy atom. The molecule has 1 rings (SSSR count). The molecule has 1 fully saturated rings. The molecule has 0 unspecified atom stereocenters. The molecule has 0 radical (unpaired) electrons. The Labute approximate surface area is 109 Å². The van der Waals surface area contributed by atoms with E-state index in [1.165, 1.54) is 0 Å². The Morgan fingerprint density at radius 3 is 2.25 bits per heavy atom. The predicted molar refractivity (Wildman–Crippen MR) is 67.6 cm³/mol. The van der Waals surface area contributed by atoms with Gasteiger partial charge >= 0.3 is 0 Å². The first kappa shape index (κ1) is 18.3. The van der Waals surface area contributed by atoms with Crippen molar-refractivity contribution in [1.29, 1.82) is 0 Å². The molecule has 0 amide bonds. The molecule has 5 nitrogen and oxygen atoms in total. The molecule has 0 atom stereocenters. The van der Waals surface area contributed by atoms with Gasteiger partial charge in [0, 0.05) is 19.1 Å². The number of hydrogen-bond donors (Lipinski definition) is 2. The van der Waals surface area contributed by atoms with E-state index in [2.05, 4.69) is 10.3 Å². The topological polar surface area (TPSA) is 67.6 Å². The van der Waals surface area contributed by atoms with E-state index in [0.717, 1.165) is 25.9 Å². The number of carbonyl (C=O) groups excluding carboxylic acids is 1. The molecule has 0 saturated carbocycles. The lowest BCUT2D eigenvalue weighted by atomic mass is 10.0. The average Bonchev–Trinajstić information content (AvgIpc) is 2.18. The van der Waals surface area contributed by atoms with Gasteiger partial charge in [0.05, 0.1) is 0 Å². The zero-order valence-corrected chi connectivity index (χ0v) is 11.3. The number of carbonyl (C=O) groups is 1. The summed E-state index contributed by atoms with van der Waals surface area (Å²) in [5.41, 5.74) is 2.27. The number of hydrogen-bond acceptors (Lipinski definition) is 5. The van der Waals surface area contributed by atoms with Crippen molar-refractivity contribution in [2.45, 2.75) is 38.5 Å². The zero-order valence-electron chi connectivity index (χ0n) is 9.64. The molecule has 0 aromatic carbocycles. The molecule has 0 bridgehead atoms. The summed E-state index contributed by atoms with van der Waals surface area (Å²) in [5, 5.41) is 0. The van der Waals surface area contributed by atoms with Crippen molar-refractivity contribution >= 4 is 31.3 Å². The highest BCUT2D eigenvalue weighted by Crippen LogP contribution is 2.20. The Bertz CT molecular complexity index is 197. The summed E-state index contributed by atoms with van der Waals surface area (Å²) in [4.78, 5) is 12.5. The quantitative estimate of drug-likeness (QED) is 0.448. The summed E-state index contributed by atoms with van der Waals surface area (Å²) < 4.78 is 5.03. The molecule has 1 heterocycles. The van der Waals surface area contributed by atoms with Gasteiger partial charge in [-0.25, -0.2) is 0 Å². The van der Waals surface area contributed by atoms with E-state index in [9.17, 15) is 4.79 Å². The number of ether oxygens (including phenoxy) is 1. The summed E-state index contributed by atoms with van der Waals surface area (Å²) in [5.74, 6) is 5.36. The van der Waals surface area contributed by atoms with Crippen molar-refractivity contribution in [2.75, 3.05) is 13.1 Å². The molecular formula is C9H21Cl2N3O2.